The Bertz CT molecular complexity index is 646. The second-order valence-electron chi connectivity index (χ2n) is 6.11. The summed E-state index contributed by atoms with van der Waals surface area (Å²) in [6, 6.07) is 9.61. The van der Waals surface area contributed by atoms with Gasteiger partial charge in [0.2, 0.25) is 0 Å². The lowest BCUT2D eigenvalue weighted by Gasteiger charge is -2.33. The number of aromatic hydroxyl groups is 4. The Balaban J connectivity index is 1.99. The number of phenolic OH excluding ortho intramolecular Hbond substituents is 4. The lowest BCUT2D eigenvalue weighted by molar-refractivity contribution is 0.0859. The highest BCUT2D eigenvalue weighted by Crippen LogP contribution is 2.27. The van der Waals surface area contributed by atoms with Crippen molar-refractivity contribution in [2.45, 2.75) is 26.2 Å². The number of hydrogen-bond acceptors (Lipinski definition) is 6. The molecule has 0 saturated carbocycles. The molecule has 0 aliphatic rings. The predicted molar refractivity (Wildman–Crippen MR) is 91.9 cm³/mol. The highest BCUT2D eigenvalue weighted by atomic mass is 16.3. The molecule has 6 heteroatoms. The van der Waals surface area contributed by atoms with Gasteiger partial charge in [-0.05, 0) is 56.4 Å². The van der Waals surface area contributed by atoms with Gasteiger partial charge in [-0.3, -0.25) is 9.80 Å². The Morgan fingerprint density at radius 3 is 1.42 bits per heavy atom. The van der Waals surface area contributed by atoms with Crippen LogP contribution in [-0.4, -0.2) is 50.5 Å². The first-order chi connectivity index (χ1) is 11.3. The van der Waals surface area contributed by atoms with E-state index in [1.54, 1.807) is 24.3 Å². The van der Waals surface area contributed by atoms with E-state index in [2.05, 4.69) is 16.7 Å². The molecule has 0 fully saturated rings. The van der Waals surface area contributed by atoms with Gasteiger partial charge in [0.1, 0.15) is 0 Å². The maximum atomic E-state index is 9.58. The van der Waals surface area contributed by atoms with E-state index in [1.165, 1.54) is 12.1 Å². The normalized spacial score (nSPS) is 11.6. The monoisotopic (exact) mass is 332 g/mol. The SMILES string of the molecule is CC(N(C)Cc1ccc(O)c(O)c1)N(C)Cc1ccc(O)c(O)c1. The number of hydrogen-bond donors (Lipinski definition) is 4. The molecule has 0 radical (unpaired) electrons. The number of rotatable bonds is 6. The summed E-state index contributed by atoms with van der Waals surface area (Å²) >= 11 is 0. The largest absolute Gasteiger partial charge is 0.504 e. The number of benzene rings is 2. The van der Waals surface area contributed by atoms with Crippen molar-refractivity contribution in [2.75, 3.05) is 14.1 Å². The van der Waals surface area contributed by atoms with Crippen molar-refractivity contribution in [3.63, 3.8) is 0 Å². The highest BCUT2D eigenvalue weighted by molar-refractivity contribution is 5.41. The van der Waals surface area contributed by atoms with Gasteiger partial charge in [-0.1, -0.05) is 12.1 Å². The molecule has 2 aromatic rings. The summed E-state index contributed by atoms with van der Waals surface area (Å²) < 4.78 is 0. The first-order valence-corrected chi connectivity index (χ1v) is 7.70. The van der Waals surface area contributed by atoms with Crippen LogP contribution in [0.4, 0.5) is 0 Å². The van der Waals surface area contributed by atoms with Gasteiger partial charge in [-0.2, -0.15) is 0 Å². The zero-order valence-electron chi connectivity index (χ0n) is 14.1. The Morgan fingerprint density at radius 2 is 1.08 bits per heavy atom. The summed E-state index contributed by atoms with van der Waals surface area (Å²) in [6.07, 6.45) is 0.0943. The molecule has 0 heterocycles. The van der Waals surface area contributed by atoms with Crippen LogP contribution in [0.5, 0.6) is 23.0 Å². The van der Waals surface area contributed by atoms with E-state index >= 15 is 0 Å². The van der Waals surface area contributed by atoms with Crippen molar-refractivity contribution in [2.24, 2.45) is 0 Å². The van der Waals surface area contributed by atoms with Crippen LogP contribution in [0.2, 0.25) is 0 Å². The molecule has 0 aliphatic carbocycles. The minimum atomic E-state index is -0.126. The van der Waals surface area contributed by atoms with Gasteiger partial charge >= 0.3 is 0 Å². The van der Waals surface area contributed by atoms with Crippen LogP contribution in [-0.2, 0) is 13.1 Å². The van der Waals surface area contributed by atoms with Gasteiger partial charge < -0.3 is 20.4 Å². The van der Waals surface area contributed by atoms with E-state index in [4.69, 9.17) is 0 Å². The predicted octanol–water partition coefficient (Wildman–Crippen LogP) is 2.42. The van der Waals surface area contributed by atoms with Crippen LogP contribution in [0, 0.1) is 0 Å². The number of nitrogens with zero attached hydrogens (tertiary/aromatic N) is 2. The third-order valence-corrected chi connectivity index (χ3v) is 4.22. The van der Waals surface area contributed by atoms with Gasteiger partial charge in [0.25, 0.3) is 0 Å². The Hall–Kier alpha value is -2.44. The van der Waals surface area contributed by atoms with Crippen molar-refractivity contribution in [1.29, 1.82) is 0 Å². The smallest absolute Gasteiger partial charge is 0.157 e. The van der Waals surface area contributed by atoms with Crippen molar-refractivity contribution in [3.8, 4) is 23.0 Å². The lowest BCUT2D eigenvalue weighted by Crippen LogP contribution is -2.41. The molecule has 0 aliphatic heterocycles. The molecule has 24 heavy (non-hydrogen) atoms. The van der Waals surface area contributed by atoms with E-state index in [0.717, 1.165) is 11.1 Å². The minimum absolute atomic E-state index is 0.0943. The molecular formula is C18H24N2O4. The molecule has 0 atom stereocenters. The second-order valence-corrected chi connectivity index (χ2v) is 6.11. The van der Waals surface area contributed by atoms with Gasteiger partial charge in [0.05, 0.1) is 6.17 Å². The highest BCUT2D eigenvalue weighted by Gasteiger charge is 2.16. The van der Waals surface area contributed by atoms with Crippen LogP contribution in [0.15, 0.2) is 36.4 Å². The molecule has 0 saturated heterocycles. The first-order valence-electron chi connectivity index (χ1n) is 7.70. The fraction of sp³-hybridized carbons (Fsp3) is 0.333. The summed E-state index contributed by atoms with van der Waals surface area (Å²) in [5.74, 6) is -0.500. The summed E-state index contributed by atoms with van der Waals surface area (Å²) in [6.45, 7) is 3.28. The van der Waals surface area contributed by atoms with Crippen molar-refractivity contribution in [3.05, 3.63) is 47.5 Å². The average Bonchev–Trinajstić information content (AvgIpc) is 2.53. The Labute approximate surface area is 141 Å². The summed E-state index contributed by atoms with van der Waals surface area (Å²) in [4.78, 5) is 4.21. The molecular weight excluding hydrogens is 308 g/mol. The third-order valence-electron chi connectivity index (χ3n) is 4.22. The molecule has 0 amide bonds. The zero-order chi connectivity index (χ0) is 17.9. The molecule has 4 N–H and O–H groups in total. The molecule has 0 aromatic heterocycles. The van der Waals surface area contributed by atoms with E-state index in [1.807, 2.05) is 14.1 Å². The summed E-state index contributed by atoms with van der Waals surface area (Å²) in [5, 5.41) is 37.9. The maximum absolute atomic E-state index is 9.58. The van der Waals surface area contributed by atoms with Gasteiger partial charge in [0, 0.05) is 13.1 Å². The Kier molecular flexibility index (Phi) is 5.54. The molecule has 2 aromatic carbocycles. The average molecular weight is 332 g/mol. The van der Waals surface area contributed by atoms with Crippen molar-refractivity contribution < 1.29 is 20.4 Å². The molecule has 6 nitrogen and oxygen atoms in total. The van der Waals surface area contributed by atoms with E-state index < -0.39 is 0 Å². The van der Waals surface area contributed by atoms with E-state index in [0.29, 0.717) is 13.1 Å². The third kappa shape index (κ3) is 4.31. The quantitative estimate of drug-likeness (QED) is 0.480. The first kappa shape index (κ1) is 17.9. The van der Waals surface area contributed by atoms with Gasteiger partial charge in [-0.15, -0.1) is 0 Å². The fourth-order valence-corrected chi connectivity index (χ4v) is 2.51. The van der Waals surface area contributed by atoms with E-state index in [9.17, 15) is 20.4 Å². The van der Waals surface area contributed by atoms with Crippen molar-refractivity contribution >= 4 is 0 Å². The minimum Gasteiger partial charge on any atom is -0.504 e. The van der Waals surface area contributed by atoms with Crippen molar-refractivity contribution in [1.82, 2.24) is 9.80 Å². The zero-order valence-corrected chi connectivity index (χ0v) is 14.1. The summed E-state index contributed by atoms with van der Waals surface area (Å²) in [5.41, 5.74) is 1.80. The van der Waals surface area contributed by atoms with Crippen LogP contribution < -0.4 is 0 Å². The standard InChI is InChI=1S/C18H24N2O4/c1-12(19(2)10-13-4-6-15(21)17(23)8-13)20(3)11-14-5-7-16(22)18(24)9-14/h4-9,12,21-24H,10-11H2,1-3H3. The number of phenols is 4. The molecule has 130 valence electrons. The molecule has 0 spiro atoms. The maximum Gasteiger partial charge on any atom is 0.157 e. The molecule has 0 unspecified atom stereocenters. The van der Waals surface area contributed by atoms with Crippen LogP contribution in [0.1, 0.15) is 18.1 Å². The topological polar surface area (TPSA) is 87.4 Å². The molecule has 2 rings (SSSR count). The fourth-order valence-electron chi connectivity index (χ4n) is 2.51. The second kappa shape index (κ2) is 7.42. The van der Waals surface area contributed by atoms with E-state index in [-0.39, 0.29) is 29.2 Å². The van der Waals surface area contributed by atoms with Gasteiger partial charge in [-0.25, -0.2) is 0 Å². The molecule has 0 bridgehead atoms. The lowest BCUT2D eigenvalue weighted by atomic mass is 10.1. The van der Waals surface area contributed by atoms with Crippen LogP contribution in [0.25, 0.3) is 0 Å². The van der Waals surface area contributed by atoms with Crippen LogP contribution in [0.3, 0.4) is 0 Å². The van der Waals surface area contributed by atoms with Gasteiger partial charge in [0.15, 0.2) is 23.0 Å². The Morgan fingerprint density at radius 1 is 0.708 bits per heavy atom. The summed E-state index contributed by atoms with van der Waals surface area (Å²) in [7, 11) is 3.94. The van der Waals surface area contributed by atoms with Crippen LogP contribution >= 0.6 is 0 Å².